The number of halogens is 1. The summed E-state index contributed by atoms with van der Waals surface area (Å²) in [6.07, 6.45) is 5.75. The predicted molar refractivity (Wildman–Crippen MR) is 109 cm³/mol. The van der Waals surface area contributed by atoms with E-state index in [9.17, 15) is 18.8 Å². The maximum absolute atomic E-state index is 13.5. The van der Waals surface area contributed by atoms with Crippen LogP contribution < -0.4 is 10.2 Å². The first-order valence-electron chi connectivity index (χ1n) is 10.5. The number of pyridine rings is 1. The monoisotopic (exact) mass is 423 g/mol. The highest BCUT2D eigenvalue weighted by atomic mass is 19.1. The van der Waals surface area contributed by atoms with Gasteiger partial charge in [0.05, 0.1) is 11.6 Å². The molecular formula is C23H22FN3O4. The third kappa shape index (κ3) is 3.45. The van der Waals surface area contributed by atoms with Crippen LogP contribution in [-0.4, -0.2) is 35.4 Å². The first-order chi connectivity index (χ1) is 14.9. The second kappa shape index (κ2) is 7.44. The average molecular weight is 423 g/mol. The third-order valence-corrected chi connectivity index (χ3v) is 6.58. The van der Waals surface area contributed by atoms with Gasteiger partial charge in [-0.3, -0.25) is 14.6 Å². The molecule has 1 saturated heterocycles. The molecule has 1 unspecified atom stereocenters. The molecule has 2 fully saturated rings. The van der Waals surface area contributed by atoms with Crippen LogP contribution in [0.5, 0.6) is 0 Å². The number of hydrogen-bond donors (Lipinski definition) is 1. The highest BCUT2D eigenvalue weighted by Gasteiger charge is 2.48. The van der Waals surface area contributed by atoms with Crippen LogP contribution in [0.15, 0.2) is 42.7 Å². The summed E-state index contributed by atoms with van der Waals surface area (Å²) in [5, 5.41) is 2.99. The lowest BCUT2D eigenvalue weighted by Crippen LogP contribution is -2.43. The second-order valence-electron chi connectivity index (χ2n) is 8.47. The number of carbonyl (C=O) groups is 3. The summed E-state index contributed by atoms with van der Waals surface area (Å²) in [6, 6.07) is 7.25. The molecule has 2 aliphatic heterocycles. The topological polar surface area (TPSA) is 88.6 Å². The van der Waals surface area contributed by atoms with E-state index >= 15 is 0 Å². The van der Waals surface area contributed by atoms with Crippen LogP contribution in [-0.2, 0) is 19.9 Å². The first-order valence-corrected chi connectivity index (χ1v) is 10.5. The fraction of sp³-hybridized carbons (Fsp3) is 0.391. The molecule has 5 rings (SSSR count). The van der Waals surface area contributed by atoms with Crippen molar-refractivity contribution in [3.63, 3.8) is 0 Å². The van der Waals surface area contributed by atoms with Crippen molar-refractivity contribution in [1.82, 2.24) is 10.3 Å². The number of rotatable bonds is 3. The Kier molecular flexibility index (Phi) is 4.72. The van der Waals surface area contributed by atoms with Crippen LogP contribution in [0.3, 0.4) is 0 Å². The van der Waals surface area contributed by atoms with E-state index in [4.69, 9.17) is 4.74 Å². The van der Waals surface area contributed by atoms with Crippen molar-refractivity contribution in [3.05, 3.63) is 59.7 Å². The molecule has 1 atom stereocenters. The third-order valence-electron chi connectivity index (χ3n) is 6.58. The van der Waals surface area contributed by atoms with Crippen molar-refractivity contribution in [3.8, 4) is 0 Å². The Morgan fingerprint density at radius 1 is 1.23 bits per heavy atom. The smallest absolute Gasteiger partial charge is 0.339 e. The van der Waals surface area contributed by atoms with Gasteiger partial charge in [0.2, 0.25) is 11.8 Å². The summed E-state index contributed by atoms with van der Waals surface area (Å²) in [5.74, 6) is -1.17. The van der Waals surface area contributed by atoms with Gasteiger partial charge < -0.3 is 15.0 Å². The summed E-state index contributed by atoms with van der Waals surface area (Å²) >= 11 is 0. The van der Waals surface area contributed by atoms with Gasteiger partial charge in [-0.05, 0) is 49.9 Å². The molecule has 8 heteroatoms. The average Bonchev–Trinajstić information content (AvgIpc) is 3.26. The van der Waals surface area contributed by atoms with Gasteiger partial charge >= 0.3 is 5.97 Å². The summed E-state index contributed by atoms with van der Waals surface area (Å²) in [6.45, 7) is 0.321. The largest absolute Gasteiger partial charge is 0.450 e. The zero-order chi connectivity index (χ0) is 21.6. The molecule has 7 nitrogen and oxygen atoms in total. The maximum Gasteiger partial charge on any atom is 0.339 e. The van der Waals surface area contributed by atoms with Crippen LogP contribution in [0.2, 0.25) is 0 Å². The molecule has 31 heavy (non-hydrogen) atoms. The SMILES string of the molecule is O=C1O[C@]2(CC[C@@H](C(=O)NC3CC(=O)N(c4cccc(F)c4)C3)CC2)c2cnccc21. The second-order valence-corrected chi connectivity index (χ2v) is 8.47. The quantitative estimate of drug-likeness (QED) is 0.767. The highest BCUT2D eigenvalue weighted by molar-refractivity contribution is 5.97. The minimum absolute atomic E-state index is 0.0931. The zero-order valence-corrected chi connectivity index (χ0v) is 16.8. The number of benzene rings is 1. The number of carbonyl (C=O) groups excluding carboxylic acids is 3. The van der Waals surface area contributed by atoms with Gasteiger partial charge in [0, 0.05) is 42.5 Å². The molecule has 0 bridgehead atoms. The minimum Gasteiger partial charge on any atom is -0.450 e. The van der Waals surface area contributed by atoms with Crippen molar-refractivity contribution >= 4 is 23.5 Å². The Bertz CT molecular complexity index is 1060. The number of ether oxygens (including phenoxy) is 1. The van der Waals surface area contributed by atoms with E-state index in [1.54, 1.807) is 30.6 Å². The molecule has 1 aliphatic carbocycles. The van der Waals surface area contributed by atoms with Crippen LogP contribution in [0.4, 0.5) is 10.1 Å². The lowest BCUT2D eigenvalue weighted by atomic mass is 9.75. The zero-order valence-electron chi connectivity index (χ0n) is 16.8. The minimum atomic E-state index is -0.686. The number of amides is 2. The molecule has 2 amide bonds. The van der Waals surface area contributed by atoms with Gasteiger partial charge in [0.1, 0.15) is 11.4 Å². The molecular weight excluding hydrogens is 401 g/mol. The molecule has 1 aromatic heterocycles. The van der Waals surface area contributed by atoms with E-state index in [0.717, 1.165) is 5.56 Å². The number of esters is 1. The van der Waals surface area contributed by atoms with Crippen molar-refractivity contribution in [2.75, 3.05) is 11.4 Å². The lowest BCUT2D eigenvalue weighted by Gasteiger charge is -2.36. The standard InChI is InChI=1S/C23H22FN3O4/c24-15-2-1-3-17(10-15)27-13-16(11-20(27)28)26-21(29)14-4-7-23(8-5-14)19-12-25-9-6-18(19)22(30)31-23/h1-3,6,9-10,12,14,16H,4-5,7-8,11,13H2,(H,26,29)/t14-,16?,23+. The van der Waals surface area contributed by atoms with E-state index in [2.05, 4.69) is 10.3 Å². The van der Waals surface area contributed by atoms with Gasteiger partial charge in [0.15, 0.2) is 0 Å². The Labute approximate surface area is 178 Å². The Balaban J connectivity index is 1.20. The van der Waals surface area contributed by atoms with Crippen LogP contribution in [0.1, 0.15) is 48.0 Å². The van der Waals surface area contributed by atoms with Gasteiger partial charge in [-0.15, -0.1) is 0 Å². The Hall–Kier alpha value is -3.29. The summed E-state index contributed by atoms with van der Waals surface area (Å²) in [7, 11) is 0. The lowest BCUT2D eigenvalue weighted by molar-refractivity contribution is -0.128. The summed E-state index contributed by atoms with van der Waals surface area (Å²) in [5.41, 5.74) is 1.18. The molecule has 3 heterocycles. The number of nitrogens with zero attached hydrogens (tertiary/aromatic N) is 2. The fourth-order valence-corrected chi connectivity index (χ4v) is 4.96. The summed E-state index contributed by atoms with van der Waals surface area (Å²) in [4.78, 5) is 43.1. The number of nitrogens with one attached hydrogen (secondary N) is 1. The number of anilines is 1. The van der Waals surface area contributed by atoms with Crippen molar-refractivity contribution in [2.24, 2.45) is 5.92 Å². The number of fused-ring (bicyclic) bond motifs is 2. The molecule has 2 aromatic rings. The molecule has 1 N–H and O–H groups in total. The van der Waals surface area contributed by atoms with Crippen molar-refractivity contribution in [2.45, 2.75) is 43.7 Å². The van der Waals surface area contributed by atoms with Gasteiger partial charge in [0.25, 0.3) is 0 Å². The van der Waals surface area contributed by atoms with Crippen LogP contribution in [0, 0.1) is 11.7 Å². The Morgan fingerprint density at radius 2 is 2.03 bits per heavy atom. The molecule has 1 aromatic carbocycles. The molecule has 1 saturated carbocycles. The van der Waals surface area contributed by atoms with Crippen molar-refractivity contribution in [1.29, 1.82) is 0 Å². The number of hydrogen-bond acceptors (Lipinski definition) is 5. The van der Waals surface area contributed by atoms with E-state index < -0.39 is 11.4 Å². The van der Waals surface area contributed by atoms with E-state index in [1.807, 2.05) is 0 Å². The molecule has 1 spiro atoms. The van der Waals surface area contributed by atoms with Crippen molar-refractivity contribution < 1.29 is 23.5 Å². The van der Waals surface area contributed by atoms with E-state index in [-0.39, 0.29) is 36.2 Å². The number of aromatic nitrogens is 1. The van der Waals surface area contributed by atoms with E-state index in [1.165, 1.54) is 17.0 Å². The first kappa shape index (κ1) is 19.7. The van der Waals surface area contributed by atoms with Gasteiger partial charge in [-0.25, -0.2) is 9.18 Å². The maximum atomic E-state index is 13.5. The van der Waals surface area contributed by atoms with Crippen LogP contribution in [0.25, 0.3) is 0 Å². The van der Waals surface area contributed by atoms with Gasteiger partial charge in [-0.1, -0.05) is 6.07 Å². The van der Waals surface area contributed by atoms with Crippen LogP contribution >= 0.6 is 0 Å². The summed E-state index contributed by atoms with van der Waals surface area (Å²) < 4.78 is 19.2. The Morgan fingerprint density at radius 3 is 2.81 bits per heavy atom. The fourth-order valence-electron chi connectivity index (χ4n) is 4.96. The highest BCUT2D eigenvalue weighted by Crippen LogP contribution is 2.47. The van der Waals surface area contributed by atoms with Gasteiger partial charge in [-0.2, -0.15) is 0 Å². The molecule has 0 radical (unpaired) electrons. The predicted octanol–water partition coefficient (Wildman–Crippen LogP) is 2.70. The normalized spacial score (nSPS) is 27.3. The van der Waals surface area contributed by atoms with E-state index in [0.29, 0.717) is 43.5 Å². The molecule has 160 valence electrons. The molecule has 3 aliphatic rings.